The summed E-state index contributed by atoms with van der Waals surface area (Å²) in [6.45, 7) is 2.80. The smallest absolute Gasteiger partial charge is 0.253 e. The maximum absolute atomic E-state index is 12.4. The quantitative estimate of drug-likeness (QED) is 0.873. The Morgan fingerprint density at radius 2 is 2.05 bits per heavy atom. The molecule has 0 aliphatic heterocycles. The summed E-state index contributed by atoms with van der Waals surface area (Å²) in [5.41, 5.74) is 2.78. The number of thioether (sulfide) groups is 1. The summed E-state index contributed by atoms with van der Waals surface area (Å²) in [7, 11) is 1.85. The Hall–Kier alpha value is -1.16. The second-order valence-corrected chi connectivity index (χ2v) is 6.85. The van der Waals surface area contributed by atoms with Gasteiger partial charge in [-0.05, 0) is 43.7 Å². The van der Waals surface area contributed by atoms with Crippen molar-refractivity contribution < 1.29 is 4.79 Å². The van der Waals surface area contributed by atoms with Gasteiger partial charge >= 0.3 is 0 Å². The molecule has 110 valence electrons. The molecule has 1 aromatic carbocycles. The Labute approximate surface area is 125 Å². The summed E-state index contributed by atoms with van der Waals surface area (Å²) in [4.78, 5) is 12.4. The molecule has 1 amide bonds. The van der Waals surface area contributed by atoms with Crippen LogP contribution in [-0.2, 0) is 0 Å². The van der Waals surface area contributed by atoms with Crippen molar-refractivity contribution in [1.29, 1.82) is 0 Å². The Balaban J connectivity index is 2.05. The molecule has 1 fully saturated rings. The fraction of sp³-hybridized carbons (Fsp3) is 0.562. The van der Waals surface area contributed by atoms with Crippen molar-refractivity contribution in [3.63, 3.8) is 0 Å². The van der Waals surface area contributed by atoms with Crippen LogP contribution in [0.15, 0.2) is 18.2 Å². The van der Waals surface area contributed by atoms with Gasteiger partial charge in [0.25, 0.3) is 5.91 Å². The van der Waals surface area contributed by atoms with E-state index in [1.54, 1.807) is 0 Å². The Kier molecular flexibility index (Phi) is 4.97. The molecular formula is C16H24N2OS. The lowest BCUT2D eigenvalue weighted by Gasteiger charge is -2.27. The van der Waals surface area contributed by atoms with Gasteiger partial charge < -0.3 is 10.6 Å². The summed E-state index contributed by atoms with van der Waals surface area (Å²) in [5.74, 6) is 0.0228. The first kappa shape index (κ1) is 15.2. The molecule has 1 saturated carbocycles. The number of carbonyl (C=O) groups is 1. The molecule has 0 bridgehead atoms. The molecule has 0 heterocycles. The third-order valence-corrected chi connectivity index (χ3v) is 5.63. The van der Waals surface area contributed by atoms with E-state index < -0.39 is 0 Å². The van der Waals surface area contributed by atoms with Crippen LogP contribution in [-0.4, -0.2) is 30.5 Å². The van der Waals surface area contributed by atoms with Crippen LogP contribution >= 0.6 is 11.8 Å². The van der Waals surface area contributed by atoms with Gasteiger partial charge in [0.2, 0.25) is 0 Å². The van der Waals surface area contributed by atoms with Gasteiger partial charge in [-0.1, -0.05) is 18.9 Å². The minimum Gasteiger partial charge on any atom is -0.387 e. The van der Waals surface area contributed by atoms with E-state index in [4.69, 9.17) is 0 Å². The molecule has 0 aromatic heterocycles. The molecule has 0 spiro atoms. The van der Waals surface area contributed by atoms with Crippen LogP contribution in [0, 0.1) is 6.92 Å². The zero-order chi connectivity index (χ0) is 14.6. The summed E-state index contributed by atoms with van der Waals surface area (Å²) < 4.78 is 0.250. The van der Waals surface area contributed by atoms with Gasteiger partial charge in [0.05, 0.1) is 5.56 Å². The van der Waals surface area contributed by atoms with Crippen molar-refractivity contribution in [2.24, 2.45) is 0 Å². The molecule has 20 heavy (non-hydrogen) atoms. The maximum Gasteiger partial charge on any atom is 0.253 e. The van der Waals surface area contributed by atoms with Gasteiger partial charge in [0, 0.05) is 24.0 Å². The summed E-state index contributed by atoms with van der Waals surface area (Å²) in [6, 6.07) is 5.89. The minimum atomic E-state index is 0.0228. The Morgan fingerprint density at radius 1 is 1.35 bits per heavy atom. The molecule has 0 unspecified atom stereocenters. The zero-order valence-corrected chi connectivity index (χ0v) is 13.4. The number of hydrogen-bond acceptors (Lipinski definition) is 3. The van der Waals surface area contributed by atoms with E-state index in [-0.39, 0.29) is 10.7 Å². The van der Waals surface area contributed by atoms with E-state index in [1.165, 1.54) is 25.7 Å². The van der Waals surface area contributed by atoms with E-state index in [9.17, 15) is 4.79 Å². The van der Waals surface area contributed by atoms with Crippen LogP contribution in [0.4, 0.5) is 5.69 Å². The highest BCUT2D eigenvalue weighted by Crippen LogP contribution is 2.39. The molecule has 4 heteroatoms. The number of aryl methyl sites for hydroxylation is 1. The first-order valence-electron chi connectivity index (χ1n) is 7.22. The summed E-state index contributed by atoms with van der Waals surface area (Å²) in [5, 5.41) is 6.23. The van der Waals surface area contributed by atoms with Crippen molar-refractivity contribution in [3.05, 3.63) is 29.3 Å². The molecule has 3 nitrogen and oxygen atoms in total. The van der Waals surface area contributed by atoms with Gasteiger partial charge in [-0.3, -0.25) is 4.79 Å². The average molecular weight is 292 g/mol. The average Bonchev–Trinajstić information content (AvgIpc) is 2.94. The van der Waals surface area contributed by atoms with E-state index in [0.717, 1.165) is 23.4 Å². The number of nitrogens with one attached hydrogen (secondary N) is 2. The molecule has 0 atom stereocenters. The number of rotatable bonds is 5. The predicted molar refractivity (Wildman–Crippen MR) is 87.8 cm³/mol. The van der Waals surface area contributed by atoms with Crippen LogP contribution in [0.5, 0.6) is 0 Å². The minimum absolute atomic E-state index is 0.0228. The van der Waals surface area contributed by atoms with Crippen LogP contribution in [0.1, 0.15) is 41.6 Å². The largest absolute Gasteiger partial charge is 0.387 e. The van der Waals surface area contributed by atoms with Crippen LogP contribution in [0.3, 0.4) is 0 Å². The molecule has 1 aliphatic rings. The van der Waals surface area contributed by atoms with Crippen LogP contribution in [0.25, 0.3) is 0 Å². The molecule has 1 aromatic rings. The van der Waals surface area contributed by atoms with Gasteiger partial charge in [0.15, 0.2) is 0 Å². The zero-order valence-electron chi connectivity index (χ0n) is 12.6. The number of anilines is 1. The van der Waals surface area contributed by atoms with Crippen molar-refractivity contribution in [2.45, 2.75) is 37.4 Å². The topological polar surface area (TPSA) is 41.1 Å². The van der Waals surface area contributed by atoms with Gasteiger partial charge in [-0.15, -0.1) is 0 Å². The lowest BCUT2D eigenvalue weighted by atomic mass is 10.1. The van der Waals surface area contributed by atoms with E-state index in [2.05, 4.69) is 16.9 Å². The molecule has 0 radical (unpaired) electrons. The fourth-order valence-electron chi connectivity index (χ4n) is 2.87. The lowest BCUT2D eigenvalue weighted by molar-refractivity contribution is 0.0950. The molecule has 2 rings (SSSR count). The first-order chi connectivity index (χ1) is 9.60. The van der Waals surface area contributed by atoms with E-state index in [0.29, 0.717) is 0 Å². The molecule has 1 aliphatic carbocycles. The highest BCUT2D eigenvalue weighted by molar-refractivity contribution is 8.00. The fourth-order valence-corrected chi connectivity index (χ4v) is 3.79. The van der Waals surface area contributed by atoms with Crippen molar-refractivity contribution in [3.8, 4) is 0 Å². The Morgan fingerprint density at radius 3 is 2.65 bits per heavy atom. The first-order valence-corrected chi connectivity index (χ1v) is 8.44. The normalized spacial score (nSPS) is 16.9. The van der Waals surface area contributed by atoms with Gasteiger partial charge in [0.1, 0.15) is 0 Å². The molecular weight excluding hydrogens is 268 g/mol. The summed E-state index contributed by atoms with van der Waals surface area (Å²) >= 11 is 1.90. The predicted octanol–water partition coefficient (Wildman–Crippen LogP) is 3.44. The van der Waals surface area contributed by atoms with Crippen molar-refractivity contribution in [1.82, 2.24) is 5.32 Å². The van der Waals surface area contributed by atoms with E-state index in [1.807, 2.05) is 43.9 Å². The molecule has 2 N–H and O–H groups in total. The number of amides is 1. The van der Waals surface area contributed by atoms with E-state index >= 15 is 0 Å². The standard InChI is InChI=1S/C16H24N2OS/c1-12-6-7-13(14(10-12)17-2)15(19)18-11-16(20-3)8-4-5-9-16/h6-7,10,17H,4-5,8-9,11H2,1-3H3,(H,18,19). The number of carbonyl (C=O) groups excluding carboxylic acids is 1. The highest BCUT2D eigenvalue weighted by atomic mass is 32.2. The molecule has 0 saturated heterocycles. The highest BCUT2D eigenvalue weighted by Gasteiger charge is 2.33. The lowest BCUT2D eigenvalue weighted by Crippen LogP contribution is -2.38. The van der Waals surface area contributed by atoms with Crippen molar-refractivity contribution >= 4 is 23.4 Å². The van der Waals surface area contributed by atoms with Gasteiger partial charge in [-0.2, -0.15) is 11.8 Å². The van der Waals surface area contributed by atoms with Crippen LogP contribution < -0.4 is 10.6 Å². The monoisotopic (exact) mass is 292 g/mol. The summed E-state index contributed by atoms with van der Waals surface area (Å²) in [6.07, 6.45) is 7.14. The second-order valence-electron chi connectivity index (χ2n) is 5.58. The second kappa shape index (κ2) is 6.53. The number of benzene rings is 1. The third-order valence-electron chi connectivity index (χ3n) is 4.21. The van der Waals surface area contributed by atoms with Crippen LogP contribution in [0.2, 0.25) is 0 Å². The third kappa shape index (κ3) is 3.29. The maximum atomic E-state index is 12.4. The number of hydrogen-bond donors (Lipinski definition) is 2. The SMILES string of the molecule is CNc1cc(C)ccc1C(=O)NCC1(SC)CCCC1. The van der Waals surface area contributed by atoms with Gasteiger partial charge in [-0.25, -0.2) is 0 Å². The van der Waals surface area contributed by atoms with Crippen molar-refractivity contribution in [2.75, 3.05) is 25.2 Å². The Bertz CT molecular complexity index is 481.